The van der Waals surface area contributed by atoms with Gasteiger partial charge >= 0.3 is 0 Å². The van der Waals surface area contributed by atoms with Gasteiger partial charge in [0.25, 0.3) is 0 Å². The third-order valence-electron chi connectivity index (χ3n) is 3.95. The largest absolute Gasteiger partial charge is 0.241 e. The van der Waals surface area contributed by atoms with Crippen molar-refractivity contribution in [3.63, 3.8) is 0 Å². The molecule has 0 spiro atoms. The Labute approximate surface area is 147 Å². The summed E-state index contributed by atoms with van der Waals surface area (Å²) in [5.74, 6) is 0. The Morgan fingerprint density at radius 1 is 0.870 bits per heavy atom. The molecule has 1 N–H and O–H groups in total. The first-order chi connectivity index (χ1) is 10.6. The van der Waals surface area contributed by atoms with Gasteiger partial charge in [-0.25, -0.2) is 13.1 Å². The maximum atomic E-state index is 12.7. The predicted octanol–water partition coefficient (Wildman–Crippen LogP) is 4.71. The molecule has 2 aromatic rings. The van der Waals surface area contributed by atoms with Crippen molar-refractivity contribution in [3.05, 3.63) is 62.1 Å². The molecule has 124 valence electrons. The Kier molecular flexibility index (Phi) is 5.41. The molecule has 0 aromatic heterocycles. The normalized spacial score (nSPS) is 11.7. The van der Waals surface area contributed by atoms with Gasteiger partial charge in [0.2, 0.25) is 10.0 Å². The molecular formula is C17H19Cl2NO2S. The SMILES string of the molecule is Cc1cc(C)c(C)c(S(=O)(=O)NCc2cc(Cl)cc(Cl)c2)c1C. The van der Waals surface area contributed by atoms with Crippen LogP contribution in [0.15, 0.2) is 29.2 Å². The molecule has 6 heteroatoms. The van der Waals surface area contributed by atoms with Crippen molar-refractivity contribution in [1.82, 2.24) is 4.72 Å². The molecule has 0 bridgehead atoms. The molecule has 2 aromatic carbocycles. The van der Waals surface area contributed by atoms with Gasteiger partial charge in [0.15, 0.2) is 0 Å². The molecule has 0 heterocycles. The number of benzene rings is 2. The summed E-state index contributed by atoms with van der Waals surface area (Å²) in [5, 5.41) is 0.955. The van der Waals surface area contributed by atoms with Gasteiger partial charge in [-0.05, 0) is 73.7 Å². The molecule has 2 rings (SSSR count). The van der Waals surface area contributed by atoms with E-state index < -0.39 is 10.0 Å². The minimum absolute atomic E-state index is 0.133. The van der Waals surface area contributed by atoms with Gasteiger partial charge in [-0.15, -0.1) is 0 Å². The van der Waals surface area contributed by atoms with Gasteiger partial charge in [-0.1, -0.05) is 29.3 Å². The lowest BCUT2D eigenvalue weighted by Crippen LogP contribution is -2.25. The zero-order chi connectivity index (χ0) is 17.4. The van der Waals surface area contributed by atoms with Gasteiger partial charge in [0.05, 0.1) is 4.90 Å². The number of rotatable bonds is 4. The van der Waals surface area contributed by atoms with E-state index in [-0.39, 0.29) is 6.54 Å². The topological polar surface area (TPSA) is 46.2 Å². The molecule has 0 unspecified atom stereocenters. The third kappa shape index (κ3) is 4.07. The fourth-order valence-electron chi connectivity index (χ4n) is 2.55. The van der Waals surface area contributed by atoms with Crippen molar-refractivity contribution in [3.8, 4) is 0 Å². The van der Waals surface area contributed by atoms with Crippen LogP contribution in [0.2, 0.25) is 10.0 Å². The molecule has 0 aliphatic carbocycles. The van der Waals surface area contributed by atoms with E-state index in [4.69, 9.17) is 23.2 Å². The summed E-state index contributed by atoms with van der Waals surface area (Å²) >= 11 is 11.9. The summed E-state index contributed by atoms with van der Waals surface area (Å²) in [6, 6.07) is 6.99. The molecule has 0 atom stereocenters. The first-order valence-corrected chi connectivity index (χ1v) is 9.38. The number of nitrogens with one attached hydrogen (secondary N) is 1. The van der Waals surface area contributed by atoms with Crippen molar-refractivity contribution in [2.24, 2.45) is 0 Å². The molecular weight excluding hydrogens is 353 g/mol. The molecule has 0 aliphatic rings. The molecule has 0 radical (unpaired) electrons. The molecule has 23 heavy (non-hydrogen) atoms. The zero-order valence-corrected chi connectivity index (χ0v) is 15.8. The van der Waals surface area contributed by atoms with E-state index in [1.807, 2.05) is 33.8 Å². The maximum absolute atomic E-state index is 12.7. The Morgan fingerprint density at radius 3 is 1.83 bits per heavy atom. The summed E-state index contributed by atoms with van der Waals surface area (Å²) in [5.41, 5.74) is 4.17. The van der Waals surface area contributed by atoms with E-state index >= 15 is 0 Å². The van der Waals surface area contributed by atoms with E-state index in [1.165, 1.54) is 0 Å². The monoisotopic (exact) mass is 371 g/mol. The highest BCUT2D eigenvalue weighted by Crippen LogP contribution is 2.26. The zero-order valence-electron chi connectivity index (χ0n) is 13.5. The molecule has 0 fully saturated rings. The Morgan fingerprint density at radius 2 is 1.35 bits per heavy atom. The quantitative estimate of drug-likeness (QED) is 0.845. The van der Waals surface area contributed by atoms with Crippen LogP contribution in [-0.4, -0.2) is 8.42 Å². The van der Waals surface area contributed by atoms with Gasteiger partial charge in [-0.3, -0.25) is 0 Å². The van der Waals surface area contributed by atoms with Crippen LogP contribution in [0.5, 0.6) is 0 Å². The lowest BCUT2D eigenvalue weighted by atomic mass is 10.0. The van der Waals surface area contributed by atoms with Crippen LogP contribution in [0, 0.1) is 27.7 Å². The summed E-state index contributed by atoms with van der Waals surface area (Å²) in [6.07, 6.45) is 0. The lowest BCUT2D eigenvalue weighted by Gasteiger charge is -2.16. The van der Waals surface area contributed by atoms with E-state index in [2.05, 4.69) is 4.72 Å². The molecule has 0 saturated carbocycles. The second-order valence-corrected chi connectivity index (χ2v) is 8.27. The van der Waals surface area contributed by atoms with Crippen LogP contribution in [0.4, 0.5) is 0 Å². The minimum atomic E-state index is -3.63. The summed E-state index contributed by atoms with van der Waals surface area (Å²) in [6.45, 7) is 7.61. The van der Waals surface area contributed by atoms with Gasteiger partial charge in [-0.2, -0.15) is 0 Å². The van der Waals surface area contributed by atoms with Crippen molar-refractivity contribution in [1.29, 1.82) is 0 Å². The molecule has 0 saturated heterocycles. The van der Waals surface area contributed by atoms with Crippen molar-refractivity contribution in [2.45, 2.75) is 39.1 Å². The molecule has 3 nitrogen and oxygen atoms in total. The highest BCUT2D eigenvalue weighted by molar-refractivity contribution is 7.89. The Hall–Kier alpha value is -1.07. The second-order valence-electron chi connectivity index (χ2n) is 5.69. The van der Waals surface area contributed by atoms with Crippen LogP contribution in [-0.2, 0) is 16.6 Å². The highest BCUT2D eigenvalue weighted by Gasteiger charge is 2.21. The number of halogens is 2. The third-order valence-corrected chi connectivity index (χ3v) is 6.07. The summed E-state index contributed by atoms with van der Waals surface area (Å²) in [4.78, 5) is 0.350. The maximum Gasteiger partial charge on any atom is 0.241 e. The summed E-state index contributed by atoms with van der Waals surface area (Å²) in [7, 11) is -3.63. The fourth-order valence-corrected chi connectivity index (χ4v) is 4.75. The highest BCUT2D eigenvalue weighted by atomic mass is 35.5. The number of hydrogen-bond donors (Lipinski definition) is 1. The smallest absolute Gasteiger partial charge is 0.207 e. The van der Waals surface area contributed by atoms with E-state index in [1.54, 1.807) is 18.2 Å². The average Bonchev–Trinajstić information content (AvgIpc) is 2.42. The van der Waals surface area contributed by atoms with Crippen LogP contribution in [0.25, 0.3) is 0 Å². The molecule has 0 aliphatic heterocycles. The van der Waals surface area contributed by atoms with E-state index in [0.717, 1.165) is 22.3 Å². The van der Waals surface area contributed by atoms with Gasteiger partial charge in [0, 0.05) is 16.6 Å². The number of aryl methyl sites for hydroxylation is 2. The van der Waals surface area contributed by atoms with Crippen molar-refractivity contribution in [2.75, 3.05) is 0 Å². The first-order valence-electron chi connectivity index (χ1n) is 7.14. The second kappa shape index (κ2) is 6.81. The number of hydrogen-bond acceptors (Lipinski definition) is 2. The Balaban J connectivity index is 2.37. The van der Waals surface area contributed by atoms with Crippen LogP contribution in [0.3, 0.4) is 0 Å². The van der Waals surface area contributed by atoms with Crippen molar-refractivity contribution >= 4 is 33.2 Å². The van der Waals surface area contributed by atoms with Crippen molar-refractivity contribution < 1.29 is 8.42 Å². The fraction of sp³-hybridized carbons (Fsp3) is 0.294. The van der Waals surface area contributed by atoms with E-state index in [9.17, 15) is 8.42 Å². The van der Waals surface area contributed by atoms with Crippen LogP contribution < -0.4 is 4.72 Å². The molecule has 0 amide bonds. The number of sulfonamides is 1. The minimum Gasteiger partial charge on any atom is -0.207 e. The standard InChI is InChI=1S/C17H19Cl2NO2S/c1-10-5-11(2)13(4)17(12(10)3)23(21,22)20-9-14-6-15(18)8-16(19)7-14/h5-8,20H,9H2,1-4H3. The van der Waals surface area contributed by atoms with Crippen LogP contribution >= 0.6 is 23.2 Å². The first kappa shape index (κ1) is 18.3. The summed E-state index contributed by atoms with van der Waals surface area (Å²) < 4.78 is 28.1. The van der Waals surface area contributed by atoms with E-state index in [0.29, 0.717) is 20.5 Å². The average molecular weight is 372 g/mol. The van der Waals surface area contributed by atoms with Gasteiger partial charge < -0.3 is 0 Å². The van der Waals surface area contributed by atoms with Gasteiger partial charge in [0.1, 0.15) is 0 Å². The lowest BCUT2D eigenvalue weighted by molar-refractivity contribution is 0.579. The Bertz CT molecular complexity index is 815. The predicted molar refractivity (Wildman–Crippen MR) is 95.9 cm³/mol. The van der Waals surface area contributed by atoms with Crippen LogP contribution in [0.1, 0.15) is 27.8 Å².